The fourth-order valence-electron chi connectivity index (χ4n) is 6.80. The molecular weight excluding hydrogens is 601 g/mol. The topological polar surface area (TPSA) is 100 Å². The molecule has 2 amide bonds. The molecule has 0 aliphatic carbocycles. The summed E-state index contributed by atoms with van der Waals surface area (Å²) in [6.07, 6.45) is -3.63. The van der Waals surface area contributed by atoms with E-state index in [1.807, 2.05) is 36.9 Å². The summed E-state index contributed by atoms with van der Waals surface area (Å²) in [5.74, 6) is 0.544. The van der Waals surface area contributed by atoms with Crippen LogP contribution in [0.2, 0.25) is 0 Å². The summed E-state index contributed by atoms with van der Waals surface area (Å²) in [7, 11) is 0. The van der Waals surface area contributed by atoms with Gasteiger partial charge in [-0.2, -0.15) is 13.2 Å². The molecule has 0 unspecified atom stereocenters. The molecule has 4 saturated heterocycles. The molecule has 0 radical (unpaired) electrons. The third kappa shape index (κ3) is 7.34. The van der Waals surface area contributed by atoms with E-state index in [2.05, 4.69) is 15.2 Å². The van der Waals surface area contributed by atoms with Crippen molar-refractivity contribution in [1.82, 2.24) is 25.1 Å². The number of hydrogen-bond donors (Lipinski definition) is 1. The predicted octanol–water partition coefficient (Wildman–Crippen LogP) is 5.38. The van der Waals surface area contributed by atoms with Crippen LogP contribution in [0.3, 0.4) is 0 Å². The molecule has 46 heavy (non-hydrogen) atoms. The Bertz CT molecular complexity index is 1380. The molecule has 2 aromatic heterocycles. The van der Waals surface area contributed by atoms with E-state index in [0.29, 0.717) is 41.8 Å². The van der Waals surface area contributed by atoms with Crippen LogP contribution in [0.4, 0.5) is 23.7 Å². The fraction of sp³-hybridized carbons (Fsp3) is 0.636. The minimum atomic E-state index is -4.69. The van der Waals surface area contributed by atoms with Crippen molar-refractivity contribution in [1.29, 1.82) is 0 Å². The van der Waals surface area contributed by atoms with E-state index in [1.54, 1.807) is 12.3 Å². The van der Waals surface area contributed by atoms with Gasteiger partial charge in [-0.25, -0.2) is 14.8 Å². The van der Waals surface area contributed by atoms with Crippen LogP contribution < -0.4 is 15.0 Å². The number of fused-ring (bicyclic) bond motifs is 3. The van der Waals surface area contributed by atoms with Gasteiger partial charge in [-0.05, 0) is 69.5 Å². The van der Waals surface area contributed by atoms with Crippen LogP contribution in [0.15, 0.2) is 30.5 Å². The summed E-state index contributed by atoms with van der Waals surface area (Å²) in [6.45, 7) is 11.9. The van der Waals surface area contributed by atoms with Gasteiger partial charge in [0.25, 0.3) is 5.91 Å². The first kappa shape index (κ1) is 33.7. The quantitative estimate of drug-likeness (QED) is 0.408. The molecule has 6 heterocycles. The molecule has 0 aromatic carbocycles. The number of nitrogens with one attached hydrogen (secondary N) is 1. The van der Waals surface area contributed by atoms with Gasteiger partial charge in [0.2, 0.25) is 12.0 Å². The lowest BCUT2D eigenvalue weighted by molar-refractivity contribution is -0.232. The molecule has 2 aromatic rings. The summed E-state index contributed by atoms with van der Waals surface area (Å²) in [6, 6.07) is 7.05. The Balaban J connectivity index is 1.43. The number of rotatable bonds is 8. The molecule has 13 heteroatoms. The van der Waals surface area contributed by atoms with Crippen molar-refractivity contribution in [2.75, 3.05) is 50.8 Å². The number of hydrogen-bond acceptors (Lipinski definition) is 8. The largest absolute Gasteiger partial charge is 0.477 e. The monoisotopic (exact) mass is 646 g/mol. The van der Waals surface area contributed by atoms with E-state index in [1.165, 1.54) is 25.7 Å². The third-order valence-corrected chi connectivity index (χ3v) is 9.21. The summed E-state index contributed by atoms with van der Waals surface area (Å²) >= 11 is 0. The number of carbonyl (C=O) groups excluding carboxylic acids is 2. The fourth-order valence-corrected chi connectivity index (χ4v) is 6.80. The van der Waals surface area contributed by atoms with Gasteiger partial charge < -0.3 is 29.5 Å². The van der Waals surface area contributed by atoms with Crippen molar-refractivity contribution in [2.45, 2.75) is 78.2 Å². The van der Waals surface area contributed by atoms with E-state index in [4.69, 9.17) is 14.5 Å². The number of carbonyl (C=O) groups is 2. The number of piperidine rings is 3. The van der Waals surface area contributed by atoms with Crippen LogP contribution in [0.1, 0.15) is 64.4 Å². The van der Waals surface area contributed by atoms with Gasteiger partial charge in [0.05, 0.1) is 23.6 Å². The van der Waals surface area contributed by atoms with Gasteiger partial charge in [-0.1, -0.05) is 27.7 Å². The van der Waals surface area contributed by atoms with Gasteiger partial charge in [0, 0.05) is 49.9 Å². The number of amides is 2. The van der Waals surface area contributed by atoms with Gasteiger partial charge in [0.1, 0.15) is 0 Å². The van der Waals surface area contributed by atoms with Crippen molar-refractivity contribution >= 4 is 17.7 Å². The van der Waals surface area contributed by atoms with Crippen LogP contribution in [0.5, 0.6) is 5.88 Å². The molecule has 6 rings (SSSR count). The lowest BCUT2D eigenvalue weighted by Gasteiger charge is -2.45. The van der Waals surface area contributed by atoms with Crippen LogP contribution in [0.25, 0.3) is 11.3 Å². The predicted molar refractivity (Wildman–Crippen MR) is 168 cm³/mol. The molecule has 0 saturated carbocycles. The number of nitrogens with zero attached hydrogens (tertiary/aromatic N) is 5. The second-order valence-electron chi connectivity index (χ2n) is 13.4. The van der Waals surface area contributed by atoms with Gasteiger partial charge >= 0.3 is 12.3 Å². The van der Waals surface area contributed by atoms with Gasteiger partial charge in [-0.3, -0.25) is 4.79 Å². The first-order valence-corrected chi connectivity index (χ1v) is 16.2. The average molecular weight is 647 g/mol. The number of piperazine rings is 1. The van der Waals surface area contributed by atoms with E-state index in [0.717, 1.165) is 32.5 Å². The highest BCUT2D eigenvalue weighted by Gasteiger charge is 2.51. The highest BCUT2D eigenvalue weighted by atomic mass is 19.4. The van der Waals surface area contributed by atoms with E-state index >= 15 is 0 Å². The molecule has 3 atom stereocenters. The Kier molecular flexibility index (Phi) is 10.00. The maximum Gasteiger partial charge on any atom is 0.426 e. The molecule has 0 spiro atoms. The third-order valence-electron chi connectivity index (χ3n) is 9.21. The maximum absolute atomic E-state index is 14.1. The van der Waals surface area contributed by atoms with Crippen molar-refractivity contribution in [3.05, 3.63) is 36.2 Å². The molecule has 10 nitrogen and oxygen atoms in total. The van der Waals surface area contributed by atoms with Crippen LogP contribution in [0, 0.1) is 11.3 Å². The first-order valence-electron chi connectivity index (χ1n) is 16.2. The number of alkyl halides is 3. The average Bonchev–Trinajstić information content (AvgIpc) is 3.03. The zero-order chi connectivity index (χ0) is 33.2. The summed E-state index contributed by atoms with van der Waals surface area (Å²) in [5.41, 5.74) is 0.730. The van der Waals surface area contributed by atoms with Gasteiger partial charge in [-0.15, -0.1) is 0 Å². The second-order valence-corrected chi connectivity index (χ2v) is 13.4. The summed E-state index contributed by atoms with van der Waals surface area (Å²) < 4.78 is 52.1. The Morgan fingerprint density at radius 2 is 1.78 bits per heavy atom. The molecule has 1 N–H and O–H groups in total. The lowest BCUT2D eigenvalue weighted by atomic mass is 9.84. The van der Waals surface area contributed by atoms with E-state index < -0.39 is 23.8 Å². The summed E-state index contributed by atoms with van der Waals surface area (Å²) in [5, 5.41) is 3.27. The minimum absolute atomic E-state index is 0.0173. The normalized spacial score (nSPS) is 24.0. The molecule has 2 bridgehead atoms. The smallest absolute Gasteiger partial charge is 0.426 e. The molecule has 4 fully saturated rings. The highest BCUT2D eigenvalue weighted by Crippen LogP contribution is 2.37. The van der Waals surface area contributed by atoms with Crippen molar-refractivity contribution < 1.29 is 32.2 Å². The van der Waals surface area contributed by atoms with Crippen molar-refractivity contribution in [2.24, 2.45) is 11.3 Å². The number of ether oxygens (including phenoxy) is 2. The molecule has 252 valence electrons. The standard InChI is InChI=1S/C33H45F3N6O4/c1-6-22-19-41(31(44)46-30(32(3,4)5)33(34,35)36)17-18-42(22)26-11-10-24(23-9-8-14-37-29(23)45-7-2)38-27(26)28(43)39-25-20-40-15-12-21(25)13-16-40/h8-11,14,21-22,25,30H,6-7,12-13,15-20H2,1-5H3,(H,39,43)/t22-,25-,30-/m1/s1. The Hall–Kier alpha value is -3.61. The first-order chi connectivity index (χ1) is 21.8. The van der Waals surface area contributed by atoms with Gasteiger partial charge in [0.15, 0.2) is 5.69 Å². The summed E-state index contributed by atoms with van der Waals surface area (Å²) in [4.78, 5) is 42.1. The zero-order valence-corrected chi connectivity index (χ0v) is 27.3. The lowest BCUT2D eigenvalue weighted by Crippen LogP contribution is -2.58. The number of anilines is 1. The molecule has 4 aliphatic heterocycles. The highest BCUT2D eigenvalue weighted by molar-refractivity contribution is 5.99. The Morgan fingerprint density at radius 1 is 1.04 bits per heavy atom. The Morgan fingerprint density at radius 3 is 2.39 bits per heavy atom. The number of aromatic nitrogens is 2. The van der Waals surface area contributed by atoms with E-state index in [9.17, 15) is 22.8 Å². The second kappa shape index (κ2) is 13.6. The maximum atomic E-state index is 14.1. The van der Waals surface area contributed by atoms with Crippen LogP contribution in [-0.4, -0.2) is 102 Å². The number of halogens is 3. The van der Waals surface area contributed by atoms with E-state index in [-0.39, 0.29) is 43.3 Å². The zero-order valence-electron chi connectivity index (χ0n) is 27.3. The number of pyridine rings is 2. The SMILES string of the molecule is CCOc1ncccc1-c1ccc(N2CCN(C(=O)O[C@H](C(C)(C)C)C(F)(F)F)C[C@H]2CC)c(C(=O)N[C@@H]2CN3CCC2CC3)n1. The Labute approximate surface area is 268 Å². The van der Waals surface area contributed by atoms with Crippen LogP contribution >= 0.6 is 0 Å². The van der Waals surface area contributed by atoms with Crippen molar-refractivity contribution in [3.8, 4) is 17.1 Å². The molecular formula is C33H45F3N6O4. The minimum Gasteiger partial charge on any atom is -0.477 e. The van der Waals surface area contributed by atoms with Crippen LogP contribution in [-0.2, 0) is 4.74 Å². The molecule has 4 aliphatic rings. The van der Waals surface area contributed by atoms with Crippen molar-refractivity contribution in [3.63, 3.8) is 0 Å².